The molecule has 1 heterocycles. The highest BCUT2D eigenvalue weighted by Crippen LogP contribution is 2.26. The Bertz CT molecular complexity index is 623. The molecule has 1 aromatic carbocycles. The van der Waals surface area contributed by atoms with Gasteiger partial charge in [-0.05, 0) is 30.3 Å². The number of carboxylic acid groups (broad SMARTS) is 1. The van der Waals surface area contributed by atoms with Gasteiger partial charge in [-0.3, -0.25) is 0 Å². The number of benzene rings is 1. The van der Waals surface area contributed by atoms with E-state index in [4.69, 9.17) is 28.3 Å². The monoisotopic (exact) mass is 267 g/mol. The second kappa shape index (κ2) is 4.73. The van der Waals surface area contributed by atoms with Crippen molar-refractivity contribution >= 4 is 46.2 Å². The number of hydrogen-bond donors (Lipinski definition) is 1. The van der Waals surface area contributed by atoms with E-state index in [-0.39, 0.29) is 0 Å². The molecule has 86 valence electrons. The Kier molecular flexibility index (Phi) is 3.31. The molecule has 0 amide bonds. The molecule has 1 N–H and O–H groups in total. The van der Waals surface area contributed by atoms with Crippen LogP contribution in [0.15, 0.2) is 30.3 Å². The lowest BCUT2D eigenvalue weighted by Crippen LogP contribution is -1.88. The lowest BCUT2D eigenvalue weighted by atomic mass is 10.2. The van der Waals surface area contributed by atoms with Gasteiger partial charge in [-0.2, -0.15) is 0 Å². The minimum atomic E-state index is -1.02. The Morgan fingerprint density at radius 3 is 2.76 bits per heavy atom. The van der Waals surface area contributed by atoms with Crippen LogP contribution in [0.25, 0.3) is 17.0 Å². The van der Waals surface area contributed by atoms with Gasteiger partial charge >= 0.3 is 5.97 Å². The molecule has 0 radical (unpaired) electrons. The Labute approximate surface area is 107 Å². The second-order valence-electron chi connectivity index (χ2n) is 3.36. The van der Waals surface area contributed by atoms with E-state index in [9.17, 15) is 4.79 Å². The van der Waals surface area contributed by atoms with Crippen LogP contribution in [-0.4, -0.2) is 16.1 Å². The lowest BCUT2D eigenvalue weighted by molar-refractivity contribution is -0.131. The molecule has 0 aliphatic heterocycles. The van der Waals surface area contributed by atoms with E-state index in [2.05, 4.69) is 4.98 Å². The molecule has 2 aromatic rings. The van der Waals surface area contributed by atoms with Crippen LogP contribution < -0.4 is 0 Å². The van der Waals surface area contributed by atoms with Gasteiger partial charge in [-0.1, -0.05) is 23.2 Å². The molecule has 3 nitrogen and oxygen atoms in total. The molecule has 0 saturated heterocycles. The molecule has 17 heavy (non-hydrogen) atoms. The van der Waals surface area contributed by atoms with Gasteiger partial charge in [-0.25, -0.2) is 9.78 Å². The summed E-state index contributed by atoms with van der Waals surface area (Å²) < 4.78 is 0. The van der Waals surface area contributed by atoms with Crippen LogP contribution in [0.1, 0.15) is 5.69 Å². The fourth-order valence-corrected chi connectivity index (χ4v) is 1.97. The van der Waals surface area contributed by atoms with Gasteiger partial charge in [0.15, 0.2) is 0 Å². The predicted molar refractivity (Wildman–Crippen MR) is 68.4 cm³/mol. The zero-order valence-corrected chi connectivity index (χ0v) is 10.0. The van der Waals surface area contributed by atoms with Gasteiger partial charge in [0.25, 0.3) is 0 Å². The van der Waals surface area contributed by atoms with Crippen molar-refractivity contribution < 1.29 is 9.90 Å². The third-order valence-corrected chi connectivity index (χ3v) is 2.67. The highest BCUT2D eigenvalue weighted by molar-refractivity contribution is 6.38. The first-order valence-corrected chi connectivity index (χ1v) is 5.48. The Morgan fingerprint density at radius 1 is 1.29 bits per heavy atom. The van der Waals surface area contributed by atoms with E-state index in [1.807, 2.05) is 0 Å². The van der Waals surface area contributed by atoms with Crippen molar-refractivity contribution in [1.29, 1.82) is 0 Å². The van der Waals surface area contributed by atoms with E-state index in [1.54, 1.807) is 24.3 Å². The number of halogens is 2. The van der Waals surface area contributed by atoms with E-state index in [0.29, 0.717) is 21.3 Å². The average molecular weight is 268 g/mol. The SMILES string of the molecule is O=C(O)/C=C/c1ccc2c(Cl)cc(Cl)cc2n1. The zero-order chi connectivity index (χ0) is 12.4. The van der Waals surface area contributed by atoms with Crippen LogP contribution >= 0.6 is 23.2 Å². The van der Waals surface area contributed by atoms with Crippen LogP contribution in [0.2, 0.25) is 10.0 Å². The quantitative estimate of drug-likeness (QED) is 0.846. The topological polar surface area (TPSA) is 50.2 Å². The summed E-state index contributed by atoms with van der Waals surface area (Å²) in [6.45, 7) is 0. The third-order valence-electron chi connectivity index (χ3n) is 2.14. The Morgan fingerprint density at radius 2 is 2.06 bits per heavy atom. The Hall–Kier alpha value is -1.58. The van der Waals surface area contributed by atoms with E-state index in [0.717, 1.165) is 11.5 Å². The molecular weight excluding hydrogens is 261 g/mol. The highest BCUT2D eigenvalue weighted by atomic mass is 35.5. The van der Waals surface area contributed by atoms with Gasteiger partial charge < -0.3 is 5.11 Å². The first-order chi connectivity index (χ1) is 8.06. The molecule has 0 atom stereocenters. The van der Waals surface area contributed by atoms with E-state index >= 15 is 0 Å². The summed E-state index contributed by atoms with van der Waals surface area (Å²) in [7, 11) is 0. The van der Waals surface area contributed by atoms with Crippen molar-refractivity contribution in [1.82, 2.24) is 4.98 Å². The predicted octanol–water partition coefficient (Wildman–Crippen LogP) is 3.64. The molecule has 5 heteroatoms. The lowest BCUT2D eigenvalue weighted by Gasteiger charge is -2.02. The molecule has 0 aliphatic carbocycles. The fraction of sp³-hybridized carbons (Fsp3) is 0. The summed E-state index contributed by atoms with van der Waals surface area (Å²) >= 11 is 11.9. The third kappa shape index (κ3) is 2.75. The maximum absolute atomic E-state index is 10.4. The second-order valence-corrected chi connectivity index (χ2v) is 4.21. The number of carboxylic acids is 1. The van der Waals surface area contributed by atoms with Crippen molar-refractivity contribution in [2.45, 2.75) is 0 Å². The van der Waals surface area contributed by atoms with Gasteiger partial charge in [-0.15, -0.1) is 0 Å². The van der Waals surface area contributed by atoms with Gasteiger partial charge in [0.2, 0.25) is 0 Å². The number of hydrogen-bond acceptors (Lipinski definition) is 2. The molecule has 0 fully saturated rings. The maximum Gasteiger partial charge on any atom is 0.328 e. The van der Waals surface area contributed by atoms with Crippen molar-refractivity contribution in [2.24, 2.45) is 0 Å². The van der Waals surface area contributed by atoms with Crippen molar-refractivity contribution in [3.8, 4) is 0 Å². The number of fused-ring (bicyclic) bond motifs is 1. The van der Waals surface area contributed by atoms with Gasteiger partial charge in [0, 0.05) is 16.5 Å². The summed E-state index contributed by atoms with van der Waals surface area (Å²) in [5.74, 6) is -1.02. The normalized spacial score (nSPS) is 11.2. The summed E-state index contributed by atoms with van der Waals surface area (Å²) in [4.78, 5) is 14.6. The molecule has 0 unspecified atom stereocenters. The molecule has 0 bridgehead atoms. The zero-order valence-electron chi connectivity index (χ0n) is 8.52. The largest absolute Gasteiger partial charge is 0.478 e. The molecule has 0 aliphatic rings. The van der Waals surface area contributed by atoms with Gasteiger partial charge in [0.1, 0.15) is 0 Å². The smallest absolute Gasteiger partial charge is 0.328 e. The molecule has 0 saturated carbocycles. The average Bonchev–Trinajstić information content (AvgIpc) is 2.25. The molecule has 0 spiro atoms. The van der Waals surface area contributed by atoms with E-state index in [1.165, 1.54) is 6.08 Å². The van der Waals surface area contributed by atoms with Crippen molar-refractivity contribution in [3.63, 3.8) is 0 Å². The number of aliphatic carboxylic acids is 1. The number of carbonyl (C=O) groups is 1. The number of pyridine rings is 1. The van der Waals surface area contributed by atoms with Crippen LogP contribution in [0, 0.1) is 0 Å². The fourth-order valence-electron chi connectivity index (χ4n) is 1.42. The molecule has 1 aromatic heterocycles. The summed E-state index contributed by atoms with van der Waals surface area (Å²) in [6, 6.07) is 6.80. The van der Waals surface area contributed by atoms with Crippen LogP contribution in [0.5, 0.6) is 0 Å². The van der Waals surface area contributed by atoms with E-state index < -0.39 is 5.97 Å². The number of rotatable bonds is 2. The highest BCUT2D eigenvalue weighted by Gasteiger charge is 2.03. The first-order valence-electron chi connectivity index (χ1n) is 4.73. The van der Waals surface area contributed by atoms with Crippen LogP contribution in [0.4, 0.5) is 0 Å². The van der Waals surface area contributed by atoms with Crippen LogP contribution in [0.3, 0.4) is 0 Å². The molecule has 2 rings (SSSR count). The minimum absolute atomic E-state index is 0.495. The summed E-state index contributed by atoms with van der Waals surface area (Å²) in [5.41, 5.74) is 1.17. The molecular formula is C12H7Cl2NO2. The minimum Gasteiger partial charge on any atom is -0.478 e. The summed E-state index contributed by atoms with van der Waals surface area (Å²) in [5, 5.41) is 10.3. The standard InChI is InChI=1S/C12H7Cl2NO2/c13-7-5-10(14)9-3-1-8(2-4-12(16)17)15-11(9)6-7/h1-6H,(H,16,17)/b4-2+. The summed E-state index contributed by atoms with van der Waals surface area (Å²) in [6.07, 6.45) is 2.44. The van der Waals surface area contributed by atoms with Crippen molar-refractivity contribution in [3.05, 3.63) is 46.1 Å². The van der Waals surface area contributed by atoms with Gasteiger partial charge in [0.05, 0.1) is 16.2 Å². The number of aromatic nitrogens is 1. The first kappa shape index (κ1) is 11.9. The maximum atomic E-state index is 10.4. The number of nitrogens with zero attached hydrogens (tertiary/aromatic N) is 1. The van der Waals surface area contributed by atoms with Crippen LogP contribution in [-0.2, 0) is 4.79 Å². The Balaban J connectivity index is 2.54. The van der Waals surface area contributed by atoms with Crippen molar-refractivity contribution in [2.75, 3.05) is 0 Å².